The van der Waals surface area contributed by atoms with Crippen LogP contribution in [0.4, 0.5) is 11.8 Å². The van der Waals surface area contributed by atoms with Gasteiger partial charge in [-0.2, -0.15) is 15.1 Å². The molecule has 0 atom stereocenters. The minimum atomic E-state index is 0.646. The first-order valence-corrected chi connectivity index (χ1v) is 6.54. The van der Waals surface area contributed by atoms with Gasteiger partial charge in [-0.1, -0.05) is 20.3 Å². The van der Waals surface area contributed by atoms with E-state index in [0.29, 0.717) is 5.95 Å². The normalized spacial score (nSPS) is 10.8. The Bertz CT molecular complexity index is 492. The van der Waals surface area contributed by atoms with Crippen molar-refractivity contribution in [2.24, 2.45) is 0 Å². The number of anilines is 2. The molecule has 0 saturated heterocycles. The number of hydrogen-bond donors (Lipinski definition) is 3. The Morgan fingerprint density at radius 3 is 2.78 bits per heavy atom. The Hall–Kier alpha value is -1.85. The molecule has 0 bridgehead atoms. The standard InChI is InChI=1S/C12H20N6/c1-3-5-7-13-10-9-8-15-18-11(9)17-12(16-10)14-6-4-2/h8H,3-7H2,1-2H3,(H3,13,14,15,16,17,18). The maximum absolute atomic E-state index is 4.49. The first-order valence-electron chi connectivity index (χ1n) is 6.54. The van der Waals surface area contributed by atoms with E-state index in [2.05, 4.69) is 44.6 Å². The highest BCUT2D eigenvalue weighted by atomic mass is 15.2. The zero-order valence-corrected chi connectivity index (χ0v) is 11.0. The zero-order valence-electron chi connectivity index (χ0n) is 11.0. The van der Waals surface area contributed by atoms with Crippen LogP contribution in [0.3, 0.4) is 0 Å². The maximum atomic E-state index is 4.49. The van der Waals surface area contributed by atoms with Crippen molar-refractivity contribution in [1.29, 1.82) is 0 Å². The van der Waals surface area contributed by atoms with Crippen molar-refractivity contribution in [3.63, 3.8) is 0 Å². The van der Waals surface area contributed by atoms with Crippen LogP contribution < -0.4 is 10.6 Å². The van der Waals surface area contributed by atoms with Crippen molar-refractivity contribution in [3.8, 4) is 0 Å². The number of hydrogen-bond acceptors (Lipinski definition) is 5. The van der Waals surface area contributed by atoms with Crippen molar-refractivity contribution in [2.75, 3.05) is 23.7 Å². The van der Waals surface area contributed by atoms with Crippen molar-refractivity contribution in [3.05, 3.63) is 6.20 Å². The molecule has 2 heterocycles. The Labute approximate surface area is 107 Å². The molecule has 0 aliphatic rings. The zero-order chi connectivity index (χ0) is 12.8. The van der Waals surface area contributed by atoms with Crippen LogP contribution in [-0.4, -0.2) is 33.3 Å². The number of nitrogens with one attached hydrogen (secondary N) is 3. The molecule has 0 unspecified atom stereocenters. The van der Waals surface area contributed by atoms with Crippen molar-refractivity contribution in [2.45, 2.75) is 33.1 Å². The van der Waals surface area contributed by atoms with Gasteiger partial charge in [0.05, 0.1) is 11.6 Å². The summed E-state index contributed by atoms with van der Waals surface area (Å²) in [6.45, 7) is 6.07. The number of aromatic amines is 1. The molecule has 2 rings (SSSR count). The summed E-state index contributed by atoms with van der Waals surface area (Å²) in [5, 5.41) is 14.4. The van der Waals surface area contributed by atoms with Gasteiger partial charge in [-0.15, -0.1) is 0 Å². The minimum absolute atomic E-state index is 0.646. The predicted molar refractivity (Wildman–Crippen MR) is 73.9 cm³/mol. The van der Waals surface area contributed by atoms with E-state index in [0.717, 1.165) is 49.2 Å². The van der Waals surface area contributed by atoms with Gasteiger partial charge in [0.15, 0.2) is 5.65 Å². The molecule has 0 aromatic carbocycles. The molecule has 6 heteroatoms. The van der Waals surface area contributed by atoms with E-state index < -0.39 is 0 Å². The van der Waals surface area contributed by atoms with Gasteiger partial charge >= 0.3 is 0 Å². The van der Waals surface area contributed by atoms with Gasteiger partial charge in [0, 0.05) is 13.1 Å². The molecule has 0 saturated carbocycles. The fourth-order valence-corrected chi connectivity index (χ4v) is 1.67. The number of unbranched alkanes of at least 4 members (excludes halogenated alkanes) is 1. The second kappa shape index (κ2) is 6.18. The highest BCUT2D eigenvalue weighted by Crippen LogP contribution is 2.19. The van der Waals surface area contributed by atoms with E-state index in [1.807, 2.05) is 0 Å². The number of rotatable bonds is 7. The topological polar surface area (TPSA) is 78.5 Å². The van der Waals surface area contributed by atoms with Crippen LogP contribution in [0.5, 0.6) is 0 Å². The van der Waals surface area contributed by atoms with Crippen LogP contribution in [0.25, 0.3) is 11.0 Å². The third-order valence-corrected chi connectivity index (χ3v) is 2.67. The molecule has 2 aromatic rings. The molecule has 98 valence electrons. The lowest BCUT2D eigenvalue weighted by Gasteiger charge is -2.08. The largest absolute Gasteiger partial charge is 0.369 e. The Balaban J connectivity index is 2.21. The third-order valence-electron chi connectivity index (χ3n) is 2.67. The molecular weight excluding hydrogens is 228 g/mol. The van der Waals surface area contributed by atoms with Crippen LogP contribution >= 0.6 is 0 Å². The summed E-state index contributed by atoms with van der Waals surface area (Å²) in [6.07, 6.45) is 5.09. The predicted octanol–water partition coefficient (Wildman–Crippen LogP) is 2.39. The number of fused-ring (bicyclic) bond motifs is 1. The van der Waals surface area contributed by atoms with Gasteiger partial charge in [-0.25, -0.2) is 0 Å². The van der Waals surface area contributed by atoms with E-state index in [1.165, 1.54) is 0 Å². The molecule has 18 heavy (non-hydrogen) atoms. The fraction of sp³-hybridized carbons (Fsp3) is 0.583. The molecule has 3 N–H and O–H groups in total. The van der Waals surface area contributed by atoms with Crippen LogP contribution in [0.1, 0.15) is 33.1 Å². The lowest BCUT2D eigenvalue weighted by molar-refractivity contribution is 0.831. The second-order valence-corrected chi connectivity index (χ2v) is 4.24. The quantitative estimate of drug-likeness (QED) is 0.656. The van der Waals surface area contributed by atoms with E-state index in [9.17, 15) is 0 Å². The summed E-state index contributed by atoms with van der Waals surface area (Å²) in [6, 6.07) is 0. The second-order valence-electron chi connectivity index (χ2n) is 4.24. The molecular formula is C12H20N6. The van der Waals surface area contributed by atoms with Gasteiger partial charge in [-0.3, -0.25) is 5.10 Å². The van der Waals surface area contributed by atoms with E-state index in [1.54, 1.807) is 6.20 Å². The highest BCUT2D eigenvalue weighted by Gasteiger charge is 2.08. The number of nitrogens with zero attached hydrogens (tertiary/aromatic N) is 3. The van der Waals surface area contributed by atoms with E-state index in [-0.39, 0.29) is 0 Å². The van der Waals surface area contributed by atoms with Gasteiger partial charge in [0.25, 0.3) is 0 Å². The average molecular weight is 248 g/mol. The minimum Gasteiger partial charge on any atom is -0.369 e. The molecule has 2 aromatic heterocycles. The van der Waals surface area contributed by atoms with Crippen LogP contribution in [0, 0.1) is 0 Å². The SMILES string of the molecule is CCCCNc1nc(NCCC)nc2[nH]ncc12. The van der Waals surface area contributed by atoms with Gasteiger partial charge in [0.2, 0.25) is 5.95 Å². The molecule has 0 spiro atoms. The molecule has 0 radical (unpaired) electrons. The lowest BCUT2D eigenvalue weighted by Crippen LogP contribution is -2.08. The maximum Gasteiger partial charge on any atom is 0.226 e. The summed E-state index contributed by atoms with van der Waals surface area (Å²) in [5.74, 6) is 1.49. The Kier molecular flexibility index (Phi) is 4.33. The first kappa shape index (κ1) is 12.6. The fourth-order valence-electron chi connectivity index (χ4n) is 1.67. The van der Waals surface area contributed by atoms with Crippen molar-refractivity contribution < 1.29 is 0 Å². The van der Waals surface area contributed by atoms with Gasteiger partial charge in [-0.05, 0) is 12.8 Å². The van der Waals surface area contributed by atoms with Crippen molar-refractivity contribution >= 4 is 22.8 Å². The summed E-state index contributed by atoms with van der Waals surface area (Å²) in [5.41, 5.74) is 0.766. The number of H-pyrrole nitrogens is 1. The van der Waals surface area contributed by atoms with Crippen LogP contribution in [0.15, 0.2) is 6.20 Å². The van der Waals surface area contributed by atoms with E-state index >= 15 is 0 Å². The Morgan fingerprint density at radius 2 is 2.00 bits per heavy atom. The first-order chi connectivity index (χ1) is 8.85. The average Bonchev–Trinajstić information content (AvgIpc) is 2.85. The monoisotopic (exact) mass is 248 g/mol. The van der Waals surface area contributed by atoms with E-state index in [4.69, 9.17) is 0 Å². The molecule has 0 aliphatic carbocycles. The summed E-state index contributed by atoms with van der Waals surface area (Å²) in [4.78, 5) is 8.87. The molecule has 0 amide bonds. The van der Waals surface area contributed by atoms with Gasteiger partial charge < -0.3 is 10.6 Å². The third kappa shape index (κ3) is 2.88. The molecule has 0 fully saturated rings. The smallest absolute Gasteiger partial charge is 0.226 e. The summed E-state index contributed by atoms with van der Waals surface area (Å²) < 4.78 is 0. The lowest BCUT2D eigenvalue weighted by atomic mass is 10.3. The number of aromatic nitrogens is 4. The summed E-state index contributed by atoms with van der Waals surface area (Å²) >= 11 is 0. The molecule has 0 aliphatic heterocycles. The van der Waals surface area contributed by atoms with Crippen LogP contribution in [0.2, 0.25) is 0 Å². The van der Waals surface area contributed by atoms with Gasteiger partial charge in [0.1, 0.15) is 5.82 Å². The Morgan fingerprint density at radius 1 is 1.11 bits per heavy atom. The van der Waals surface area contributed by atoms with Crippen LogP contribution in [-0.2, 0) is 0 Å². The molecule has 6 nitrogen and oxygen atoms in total. The highest BCUT2D eigenvalue weighted by molar-refractivity contribution is 5.86. The summed E-state index contributed by atoms with van der Waals surface area (Å²) in [7, 11) is 0. The van der Waals surface area contributed by atoms with Crippen molar-refractivity contribution in [1.82, 2.24) is 20.2 Å².